The maximum Gasteiger partial charge on any atom is 0.399 e. The van der Waals surface area contributed by atoms with Crippen molar-refractivity contribution in [3.8, 4) is 0 Å². The first-order chi connectivity index (χ1) is 8.57. The van der Waals surface area contributed by atoms with Crippen LogP contribution < -0.4 is 0 Å². The van der Waals surface area contributed by atoms with E-state index >= 15 is 0 Å². The summed E-state index contributed by atoms with van der Waals surface area (Å²) >= 11 is 0. The normalized spacial score (nSPS) is 26.1. The second-order valence-electron chi connectivity index (χ2n) is 5.10. The minimum atomic E-state index is -0.900. The lowest BCUT2D eigenvalue weighted by Crippen LogP contribution is -2.52. The summed E-state index contributed by atoms with van der Waals surface area (Å²) in [4.78, 5) is 25.1. The van der Waals surface area contributed by atoms with E-state index in [1.807, 2.05) is 38.1 Å². The zero-order valence-corrected chi connectivity index (χ0v) is 10.5. The molecule has 3 rings (SSSR count). The molecule has 1 amide bonds. The number of fused-ring (bicyclic) bond motifs is 3. The molecule has 1 unspecified atom stereocenters. The Morgan fingerprint density at radius 1 is 1.28 bits per heavy atom. The molecule has 0 N–H and O–H groups in total. The van der Waals surface area contributed by atoms with Gasteiger partial charge in [-0.25, -0.2) is 4.79 Å². The van der Waals surface area contributed by atoms with E-state index in [1.54, 1.807) is 4.90 Å². The van der Waals surface area contributed by atoms with Crippen molar-refractivity contribution < 1.29 is 14.3 Å². The molecule has 0 saturated carbocycles. The molecule has 4 nitrogen and oxygen atoms in total. The third-order valence-electron chi connectivity index (χ3n) is 3.86. The van der Waals surface area contributed by atoms with Crippen LogP contribution in [0.5, 0.6) is 0 Å². The van der Waals surface area contributed by atoms with Gasteiger partial charge in [-0.2, -0.15) is 0 Å². The predicted molar refractivity (Wildman–Crippen MR) is 64.5 cm³/mol. The molecule has 1 atom stereocenters. The molecule has 1 saturated heterocycles. The molecule has 0 radical (unpaired) electrons. The Kier molecular flexibility index (Phi) is 2.24. The highest BCUT2D eigenvalue weighted by atomic mass is 16.6. The Morgan fingerprint density at radius 2 is 2.00 bits per heavy atom. The van der Waals surface area contributed by atoms with Crippen LogP contribution in [0.4, 0.5) is 0 Å². The van der Waals surface area contributed by atoms with Crippen LogP contribution in [0.1, 0.15) is 25.0 Å². The van der Waals surface area contributed by atoms with Crippen LogP contribution in [-0.2, 0) is 26.5 Å². The number of carbonyl (C=O) groups excluding carboxylic acids is 2. The van der Waals surface area contributed by atoms with Crippen molar-refractivity contribution in [3.63, 3.8) is 0 Å². The summed E-state index contributed by atoms with van der Waals surface area (Å²) in [5.41, 5.74) is 1.21. The first-order valence-electron chi connectivity index (χ1n) is 6.20. The van der Waals surface area contributed by atoms with Gasteiger partial charge in [0, 0.05) is 18.0 Å². The van der Waals surface area contributed by atoms with Crippen LogP contribution in [0.3, 0.4) is 0 Å². The molecule has 2 aliphatic heterocycles. The number of nitrogens with zero attached hydrogens (tertiary/aromatic N) is 1. The fourth-order valence-electron chi connectivity index (χ4n) is 3.03. The van der Waals surface area contributed by atoms with E-state index in [2.05, 4.69) is 0 Å². The van der Waals surface area contributed by atoms with Gasteiger partial charge in [-0.15, -0.1) is 0 Å². The third-order valence-corrected chi connectivity index (χ3v) is 3.86. The zero-order valence-electron chi connectivity index (χ0n) is 10.5. The Hall–Kier alpha value is -1.84. The summed E-state index contributed by atoms with van der Waals surface area (Å²) in [6, 6.07) is 7.88. The number of carbonyl (C=O) groups is 2. The van der Waals surface area contributed by atoms with Gasteiger partial charge in [0.25, 0.3) is 0 Å². The number of amides is 1. The molecule has 0 aromatic heterocycles. The molecular weight excluding hydrogens is 230 g/mol. The second kappa shape index (κ2) is 3.57. The molecule has 2 heterocycles. The molecule has 4 heteroatoms. The van der Waals surface area contributed by atoms with Crippen LogP contribution >= 0.6 is 0 Å². The van der Waals surface area contributed by atoms with Crippen molar-refractivity contribution >= 4 is 11.9 Å². The first kappa shape index (κ1) is 11.3. The second-order valence-corrected chi connectivity index (χ2v) is 5.10. The van der Waals surface area contributed by atoms with Crippen molar-refractivity contribution in [3.05, 3.63) is 35.4 Å². The van der Waals surface area contributed by atoms with Gasteiger partial charge < -0.3 is 4.74 Å². The summed E-state index contributed by atoms with van der Waals surface area (Å²) in [7, 11) is 0. The quantitative estimate of drug-likeness (QED) is 0.555. The van der Waals surface area contributed by atoms with Crippen LogP contribution in [-0.4, -0.2) is 23.3 Å². The third kappa shape index (κ3) is 1.20. The number of rotatable bonds is 1. The molecule has 2 aliphatic rings. The van der Waals surface area contributed by atoms with Crippen molar-refractivity contribution in [2.75, 3.05) is 6.54 Å². The van der Waals surface area contributed by atoms with Crippen LogP contribution in [0.15, 0.2) is 24.3 Å². The highest BCUT2D eigenvalue weighted by molar-refractivity contribution is 6.34. The summed E-state index contributed by atoms with van der Waals surface area (Å²) in [6.07, 6.45) is 0.771. The Bertz CT molecular complexity index is 538. The topological polar surface area (TPSA) is 46.6 Å². The van der Waals surface area contributed by atoms with Crippen LogP contribution in [0.2, 0.25) is 0 Å². The lowest BCUT2D eigenvalue weighted by atomic mass is 9.83. The summed E-state index contributed by atoms with van der Waals surface area (Å²) in [6.45, 7) is 4.49. The van der Waals surface area contributed by atoms with Gasteiger partial charge in [-0.3, -0.25) is 9.69 Å². The number of benzene rings is 1. The lowest BCUT2D eigenvalue weighted by Gasteiger charge is -2.43. The summed E-state index contributed by atoms with van der Waals surface area (Å²) < 4.78 is 5.49. The minimum absolute atomic E-state index is 0.0225. The fraction of sp³-hybridized carbons (Fsp3) is 0.429. The number of esters is 1. The predicted octanol–water partition coefficient (Wildman–Crippen LogP) is 1.44. The zero-order chi connectivity index (χ0) is 12.9. The highest BCUT2D eigenvalue weighted by Crippen LogP contribution is 2.45. The summed E-state index contributed by atoms with van der Waals surface area (Å²) in [5, 5.41) is 0. The van der Waals surface area contributed by atoms with Crippen LogP contribution in [0, 0.1) is 5.92 Å². The largest absolute Gasteiger partial charge is 0.427 e. The smallest absolute Gasteiger partial charge is 0.399 e. The fourth-order valence-corrected chi connectivity index (χ4v) is 3.03. The van der Waals surface area contributed by atoms with Crippen molar-refractivity contribution in [2.45, 2.75) is 26.0 Å². The van der Waals surface area contributed by atoms with E-state index in [0.717, 1.165) is 17.5 Å². The van der Waals surface area contributed by atoms with Crippen molar-refractivity contribution in [1.82, 2.24) is 4.90 Å². The van der Waals surface area contributed by atoms with Crippen molar-refractivity contribution in [2.24, 2.45) is 5.92 Å². The highest BCUT2D eigenvalue weighted by Gasteiger charge is 2.58. The number of ether oxygens (including phenoxy) is 1. The number of hydrogen-bond acceptors (Lipinski definition) is 3. The van der Waals surface area contributed by atoms with Gasteiger partial charge >= 0.3 is 11.9 Å². The van der Waals surface area contributed by atoms with E-state index in [-0.39, 0.29) is 5.92 Å². The molecular formula is C14H15NO3. The average molecular weight is 245 g/mol. The van der Waals surface area contributed by atoms with Gasteiger partial charge in [0.2, 0.25) is 5.72 Å². The van der Waals surface area contributed by atoms with E-state index in [4.69, 9.17) is 4.74 Å². The maximum absolute atomic E-state index is 11.9. The van der Waals surface area contributed by atoms with E-state index < -0.39 is 17.6 Å². The first-order valence-corrected chi connectivity index (χ1v) is 6.20. The molecule has 1 aromatic rings. The molecule has 0 aliphatic carbocycles. The maximum atomic E-state index is 11.9. The molecule has 94 valence electrons. The molecule has 0 spiro atoms. The van der Waals surface area contributed by atoms with Gasteiger partial charge in [0.05, 0.1) is 0 Å². The van der Waals surface area contributed by atoms with E-state index in [9.17, 15) is 9.59 Å². The van der Waals surface area contributed by atoms with E-state index in [0.29, 0.717) is 6.54 Å². The Balaban J connectivity index is 2.24. The SMILES string of the molecule is CC(C)C12OC(=O)C(=O)N1CCc1ccccc12. The molecule has 1 fully saturated rings. The molecule has 0 bridgehead atoms. The Labute approximate surface area is 106 Å². The van der Waals surface area contributed by atoms with E-state index in [1.165, 1.54) is 0 Å². The minimum Gasteiger partial charge on any atom is -0.427 e. The van der Waals surface area contributed by atoms with Crippen molar-refractivity contribution in [1.29, 1.82) is 0 Å². The van der Waals surface area contributed by atoms with Gasteiger partial charge in [0.1, 0.15) is 0 Å². The lowest BCUT2D eigenvalue weighted by molar-refractivity contribution is -0.167. The van der Waals surface area contributed by atoms with Gasteiger partial charge in [-0.1, -0.05) is 38.1 Å². The summed E-state index contributed by atoms with van der Waals surface area (Å²) in [5.74, 6) is -1.23. The Morgan fingerprint density at radius 3 is 2.72 bits per heavy atom. The standard InChI is InChI=1S/C14H15NO3/c1-9(2)14-11-6-4-3-5-10(11)7-8-15(14)12(16)13(17)18-14/h3-6,9H,7-8H2,1-2H3. The van der Waals surface area contributed by atoms with Crippen LogP contribution in [0.25, 0.3) is 0 Å². The van der Waals surface area contributed by atoms with Gasteiger partial charge in [-0.05, 0) is 12.0 Å². The molecule has 18 heavy (non-hydrogen) atoms. The van der Waals surface area contributed by atoms with Gasteiger partial charge in [0.15, 0.2) is 0 Å². The molecule has 1 aromatic carbocycles. The average Bonchev–Trinajstić information content (AvgIpc) is 2.63. The number of hydrogen-bond donors (Lipinski definition) is 0. The monoisotopic (exact) mass is 245 g/mol.